The van der Waals surface area contributed by atoms with Gasteiger partial charge in [0.15, 0.2) is 0 Å². The van der Waals surface area contributed by atoms with E-state index in [1.165, 1.54) is 13.2 Å². The highest BCUT2D eigenvalue weighted by Crippen LogP contribution is 2.34. The van der Waals surface area contributed by atoms with Gasteiger partial charge in [0.25, 0.3) is 0 Å². The average Bonchev–Trinajstić information content (AvgIpc) is 2.38. The van der Waals surface area contributed by atoms with Gasteiger partial charge in [0.1, 0.15) is 11.6 Å². The van der Waals surface area contributed by atoms with E-state index in [2.05, 4.69) is 0 Å². The zero-order chi connectivity index (χ0) is 14.0. The predicted octanol–water partition coefficient (Wildman–Crippen LogP) is 3.85. The van der Waals surface area contributed by atoms with Crippen LogP contribution in [0.4, 0.5) is 4.39 Å². The number of halogens is 2. The van der Waals surface area contributed by atoms with Crippen molar-refractivity contribution in [3.8, 4) is 16.9 Å². The number of carbonyl (C=O) groups is 1. The van der Waals surface area contributed by atoms with Crippen LogP contribution in [0, 0.1) is 5.82 Å². The second-order valence-electron chi connectivity index (χ2n) is 3.84. The fourth-order valence-corrected chi connectivity index (χ4v) is 1.98. The molecule has 0 aromatic heterocycles. The topological polar surface area (TPSA) is 46.5 Å². The van der Waals surface area contributed by atoms with E-state index in [1.807, 2.05) is 0 Å². The molecule has 0 aliphatic heterocycles. The van der Waals surface area contributed by atoms with Gasteiger partial charge in [-0.1, -0.05) is 11.6 Å². The third-order valence-electron chi connectivity index (χ3n) is 2.68. The van der Waals surface area contributed by atoms with E-state index in [1.54, 1.807) is 18.2 Å². The molecule has 0 bridgehead atoms. The van der Waals surface area contributed by atoms with E-state index in [-0.39, 0.29) is 11.1 Å². The number of methoxy groups -OCH3 is 1. The van der Waals surface area contributed by atoms with Crippen molar-refractivity contribution in [3.05, 3.63) is 52.8 Å². The summed E-state index contributed by atoms with van der Waals surface area (Å²) in [6, 6.07) is 8.25. The number of hydrogen-bond donors (Lipinski definition) is 1. The number of ether oxygens (including phenoxy) is 1. The summed E-state index contributed by atoms with van der Waals surface area (Å²) >= 11 is 6.05. The second-order valence-corrected chi connectivity index (χ2v) is 4.25. The maximum atomic E-state index is 13.3. The standard InChI is InChI=1S/C14H10ClFO3/c1-19-9-3-5-13(15)12(7-9)11-6-8(16)2-4-10(11)14(17)18/h2-7H,1H3,(H,17,18). The molecule has 0 unspecified atom stereocenters. The molecule has 98 valence electrons. The van der Waals surface area contributed by atoms with Gasteiger partial charge in [-0.15, -0.1) is 0 Å². The highest BCUT2D eigenvalue weighted by molar-refractivity contribution is 6.33. The van der Waals surface area contributed by atoms with Crippen LogP contribution in [0.2, 0.25) is 5.02 Å². The van der Waals surface area contributed by atoms with E-state index in [0.29, 0.717) is 16.3 Å². The summed E-state index contributed by atoms with van der Waals surface area (Å²) in [6.45, 7) is 0. The Morgan fingerprint density at radius 2 is 1.95 bits per heavy atom. The summed E-state index contributed by atoms with van der Waals surface area (Å²) in [7, 11) is 1.48. The van der Waals surface area contributed by atoms with Gasteiger partial charge in [-0.3, -0.25) is 0 Å². The fraction of sp³-hybridized carbons (Fsp3) is 0.0714. The van der Waals surface area contributed by atoms with Crippen molar-refractivity contribution in [1.82, 2.24) is 0 Å². The summed E-state index contributed by atoms with van der Waals surface area (Å²) in [5.41, 5.74) is 0.617. The Labute approximate surface area is 114 Å². The van der Waals surface area contributed by atoms with E-state index in [0.717, 1.165) is 12.1 Å². The van der Waals surface area contributed by atoms with Crippen LogP contribution >= 0.6 is 11.6 Å². The molecule has 0 fully saturated rings. The second kappa shape index (κ2) is 5.28. The highest BCUT2D eigenvalue weighted by Gasteiger charge is 2.15. The van der Waals surface area contributed by atoms with E-state index in [9.17, 15) is 9.18 Å². The molecule has 3 nitrogen and oxygen atoms in total. The maximum Gasteiger partial charge on any atom is 0.336 e. The Balaban J connectivity index is 2.70. The lowest BCUT2D eigenvalue weighted by molar-refractivity contribution is 0.0697. The third kappa shape index (κ3) is 2.69. The highest BCUT2D eigenvalue weighted by atomic mass is 35.5. The molecule has 0 atom stereocenters. The molecule has 0 aliphatic carbocycles. The summed E-state index contributed by atoms with van der Waals surface area (Å²) < 4.78 is 18.4. The predicted molar refractivity (Wildman–Crippen MR) is 70.4 cm³/mol. The van der Waals surface area contributed by atoms with Gasteiger partial charge in [0.05, 0.1) is 12.7 Å². The van der Waals surface area contributed by atoms with Gasteiger partial charge in [-0.2, -0.15) is 0 Å². The third-order valence-corrected chi connectivity index (χ3v) is 3.01. The number of carboxylic acid groups (broad SMARTS) is 1. The summed E-state index contributed by atoms with van der Waals surface area (Å²) in [5.74, 6) is -1.16. The molecule has 5 heteroatoms. The van der Waals surface area contributed by atoms with Crippen LogP contribution in [0.15, 0.2) is 36.4 Å². The molecule has 0 saturated heterocycles. The normalized spacial score (nSPS) is 10.3. The minimum atomic E-state index is -1.14. The number of benzene rings is 2. The van der Waals surface area contributed by atoms with E-state index in [4.69, 9.17) is 21.4 Å². The smallest absolute Gasteiger partial charge is 0.336 e. The summed E-state index contributed by atoms with van der Waals surface area (Å²) in [4.78, 5) is 11.2. The molecule has 0 amide bonds. The monoisotopic (exact) mass is 280 g/mol. The van der Waals surface area contributed by atoms with Crippen LogP contribution in [0.25, 0.3) is 11.1 Å². The first-order valence-corrected chi connectivity index (χ1v) is 5.77. The van der Waals surface area contributed by atoms with Crippen LogP contribution in [-0.2, 0) is 0 Å². The van der Waals surface area contributed by atoms with Crippen molar-refractivity contribution >= 4 is 17.6 Å². The minimum Gasteiger partial charge on any atom is -0.497 e. The zero-order valence-corrected chi connectivity index (χ0v) is 10.7. The van der Waals surface area contributed by atoms with Gasteiger partial charge in [-0.05, 0) is 36.4 Å². The maximum absolute atomic E-state index is 13.3. The molecule has 2 rings (SSSR count). The molecule has 0 aliphatic rings. The van der Waals surface area contributed by atoms with Gasteiger partial charge in [0.2, 0.25) is 0 Å². The lowest BCUT2D eigenvalue weighted by Crippen LogP contribution is -2.00. The quantitative estimate of drug-likeness (QED) is 0.929. The van der Waals surface area contributed by atoms with Crippen LogP contribution in [0.5, 0.6) is 5.75 Å². The van der Waals surface area contributed by atoms with Gasteiger partial charge in [-0.25, -0.2) is 9.18 Å². The molecule has 1 N–H and O–H groups in total. The van der Waals surface area contributed by atoms with Gasteiger partial charge < -0.3 is 9.84 Å². The molecular formula is C14H10ClFO3. The van der Waals surface area contributed by atoms with Crippen LogP contribution in [0.3, 0.4) is 0 Å². The van der Waals surface area contributed by atoms with E-state index < -0.39 is 11.8 Å². The number of rotatable bonds is 3. The molecule has 0 radical (unpaired) electrons. The number of carboxylic acids is 1. The Morgan fingerprint density at radius 3 is 2.58 bits per heavy atom. The van der Waals surface area contributed by atoms with Gasteiger partial charge >= 0.3 is 5.97 Å². The van der Waals surface area contributed by atoms with Crippen LogP contribution in [-0.4, -0.2) is 18.2 Å². The lowest BCUT2D eigenvalue weighted by atomic mass is 9.99. The van der Waals surface area contributed by atoms with E-state index >= 15 is 0 Å². The number of aromatic carboxylic acids is 1. The molecule has 2 aromatic rings. The lowest BCUT2D eigenvalue weighted by Gasteiger charge is -2.10. The summed E-state index contributed by atoms with van der Waals surface area (Å²) in [5, 5.41) is 9.47. The Kier molecular flexibility index (Phi) is 3.71. The van der Waals surface area contributed by atoms with Crippen molar-refractivity contribution in [1.29, 1.82) is 0 Å². The fourth-order valence-electron chi connectivity index (χ4n) is 1.76. The Hall–Kier alpha value is -2.07. The van der Waals surface area contributed by atoms with Crippen LogP contribution in [0.1, 0.15) is 10.4 Å². The molecule has 0 saturated carbocycles. The van der Waals surface area contributed by atoms with Crippen LogP contribution < -0.4 is 4.74 Å². The first-order valence-electron chi connectivity index (χ1n) is 5.39. The van der Waals surface area contributed by atoms with Crippen molar-refractivity contribution in [2.45, 2.75) is 0 Å². The Morgan fingerprint density at radius 1 is 1.21 bits per heavy atom. The zero-order valence-electron chi connectivity index (χ0n) is 9.98. The molecule has 0 spiro atoms. The van der Waals surface area contributed by atoms with Crippen molar-refractivity contribution in [2.24, 2.45) is 0 Å². The average molecular weight is 281 g/mol. The first kappa shape index (κ1) is 13.4. The summed E-state index contributed by atoms with van der Waals surface area (Å²) in [6.07, 6.45) is 0. The molecule has 0 heterocycles. The van der Waals surface area contributed by atoms with Crippen molar-refractivity contribution < 1.29 is 19.0 Å². The largest absolute Gasteiger partial charge is 0.497 e. The first-order chi connectivity index (χ1) is 9.02. The minimum absolute atomic E-state index is 0.0171. The number of hydrogen-bond acceptors (Lipinski definition) is 2. The SMILES string of the molecule is COc1ccc(Cl)c(-c2cc(F)ccc2C(=O)O)c1. The van der Waals surface area contributed by atoms with Crippen molar-refractivity contribution in [2.75, 3.05) is 7.11 Å². The molecule has 19 heavy (non-hydrogen) atoms. The molecule has 2 aromatic carbocycles. The Bertz CT molecular complexity index is 641. The van der Waals surface area contributed by atoms with Crippen molar-refractivity contribution in [3.63, 3.8) is 0 Å². The molecular weight excluding hydrogens is 271 g/mol. The van der Waals surface area contributed by atoms with Gasteiger partial charge in [0, 0.05) is 16.1 Å².